The Bertz CT molecular complexity index is 1610. The van der Waals surface area contributed by atoms with E-state index >= 15 is 0 Å². The van der Waals surface area contributed by atoms with Crippen LogP contribution in [0, 0.1) is 6.92 Å². The van der Waals surface area contributed by atoms with Gasteiger partial charge in [-0.3, -0.25) is 4.79 Å². The minimum atomic E-state index is -0.551. The van der Waals surface area contributed by atoms with Gasteiger partial charge in [-0.1, -0.05) is 77.8 Å². The van der Waals surface area contributed by atoms with Crippen LogP contribution in [0.25, 0.3) is 20.9 Å². The molecule has 0 aliphatic rings. The number of amides is 1. The molecule has 5 aromatic rings. The number of benzene rings is 4. The molecular formula is C28H19ClN2O3S. The predicted molar refractivity (Wildman–Crippen MR) is 142 cm³/mol. The second kappa shape index (κ2) is 9.70. The molecule has 0 radical (unpaired) electrons. The number of hydrazone groups is 1. The van der Waals surface area contributed by atoms with Gasteiger partial charge in [-0.05, 0) is 42.0 Å². The summed E-state index contributed by atoms with van der Waals surface area (Å²) in [5.41, 5.74) is 4.67. The van der Waals surface area contributed by atoms with Crippen molar-refractivity contribution in [3.8, 4) is 5.75 Å². The fraction of sp³-hybridized carbons (Fsp3) is 0.0357. The van der Waals surface area contributed by atoms with Gasteiger partial charge in [0.05, 0.1) is 11.2 Å². The van der Waals surface area contributed by atoms with E-state index in [-0.39, 0.29) is 5.91 Å². The number of carbonyl (C=O) groups excluding carboxylic acids is 2. The highest BCUT2D eigenvalue weighted by atomic mass is 35.5. The zero-order valence-electron chi connectivity index (χ0n) is 18.6. The van der Waals surface area contributed by atoms with Gasteiger partial charge < -0.3 is 4.74 Å². The normalized spacial score (nSPS) is 11.3. The highest BCUT2D eigenvalue weighted by Gasteiger charge is 2.20. The number of hydrogen-bond donors (Lipinski definition) is 1. The number of rotatable bonds is 5. The molecule has 7 heteroatoms. The summed E-state index contributed by atoms with van der Waals surface area (Å²) in [6.45, 7) is 1.95. The van der Waals surface area contributed by atoms with Gasteiger partial charge in [0.25, 0.3) is 5.91 Å². The number of nitrogens with zero attached hydrogens (tertiary/aromatic N) is 1. The Balaban J connectivity index is 1.46. The maximum atomic E-state index is 13.1. The molecule has 0 saturated heterocycles. The molecule has 1 N–H and O–H groups in total. The minimum Gasteiger partial charge on any atom is -0.422 e. The number of esters is 1. The number of fused-ring (bicyclic) bond motifs is 2. The second-order valence-electron chi connectivity index (χ2n) is 7.89. The predicted octanol–water partition coefficient (Wildman–Crippen LogP) is 7.00. The molecule has 1 heterocycles. The molecular weight excluding hydrogens is 480 g/mol. The lowest BCUT2D eigenvalue weighted by Crippen LogP contribution is -2.17. The number of aryl methyl sites for hydroxylation is 1. The SMILES string of the molecule is Cc1ccc(C(=O)N/N=C\c2c(OC(=O)c3sc4ccccc4c3Cl)ccc3ccccc23)cc1. The largest absolute Gasteiger partial charge is 0.422 e. The van der Waals surface area contributed by atoms with Gasteiger partial charge in [-0.15, -0.1) is 11.3 Å². The minimum absolute atomic E-state index is 0.315. The van der Waals surface area contributed by atoms with Crippen molar-refractivity contribution in [1.82, 2.24) is 5.43 Å². The molecule has 0 aliphatic carbocycles. The Hall–Kier alpha value is -4.00. The quantitative estimate of drug-likeness (QED) is 0.123. The third kappa shape index (κ3) is 4.67. The average molecular weight is 499 g/mol. The lowest BCUT2D eigenvalue weighted by Gasteiger charge is -2.10. The molecule has 0 unspecified atom stereocenters. The van der Waals surface area contributed by atoms with E-state index in [2.05, 4.69) is 10.5 Å². The van der Waals surface area contributed by atoms with Crippen LogP contribution in [0.3, 0.4) is 0 Å². The van der Waals surface area contributed by atoms with E-state index in [9.17, 15) is 9.59 Å². The zero-order valence-corrected chi connectivity index (χ0v) is 20.2. The monoisotopic (exact) mass is 498 g/mol. The van der Waals surface area contributed by atoms with Gasteiger partial charge >= 0.3 is 5.97 Å². The topological polar surface area (TPSA) is 67.8 Å². The van der Waals surface area contributed by atoms with Crippen molar-refractivity contribution in [2.24, 2.45) is 5.10 Å². The summed E-state index contributed by atoms with van der Waals surface area (Å²) >= 11 is 7.76. The molecule has 5 nitrogen and oxygen atoms in total. The first kappa shape index (κ1) is 22.8. The average Bonchev–Trinajstić information content (AvgIpc) is 3.22. The Kier molecular flexibility index (Phi) is 6.31. The molecule has 0 bridgehead atoms. The van der Waals surface area contributed by atoms with Crippen molar-refractivity contribution in [2.45, 2.75) is 6.92 Å². The molecule has 0 aliphatic heterocycles. The Morgan fingerprint density at radius 2 is 1.63 bits per heavy atom. The summed E-state index contributed by atoms with van der Waals surface area (Å²) in [5.74, 6) is -0.572. The van der Waals surface area contributed by atoms with Crippen LogP contribution in [0.2, 0.25) is 5.02 Å². The number of nitrogens with one attached hydrogen (secondary N) is 1. The summed E-state index contributed by atoms with van der Waals surface area (Å²) in [6.07, 6.45) is 1.49. The van der Waals surface area contributed by atoms with E-state index in [1.165, 1.54) is 17.6 Å². The van der Waals surface area contributed by atoms with E-state index in [0.717, 1.165) is 26.4 Å². The second-order valence-corrected chi connectivity index (χ2v) is 9.32. The highest BCUT2D eigenvalue weighted by Crippen LogP contribution is 2.36. The summed E-state index contributed by atoms with van der Waals surface area (Å²) in [6, 6.07) is 26.0. The number of hydrogen-bond acceptors (Lipinski definition) is 5. The van der Waals surface area contributed by atoms with Gasteiger partial charge in [0.15, 0.2) is 0 Å². The molecule has 4 aromatic carbocycles. The summed E-state index contributed by atoms with van der Waals surface area (Å²) in [5, 5.41) is 7.10. The van der Waals surface area contributed by atoms with Gasteiger partial charge in [0, 0.05) is 21.2 Å². The molecule has 0 fully saturated rings. The highest BCUT2D eigenvalue weighted by molar-refractivity contribution is 7.21. The van der Waals surface area contributed by atoms with Crippen molar-refractivity contribution in [1.29, 1.82) is 0 Å². The van der Waals surface area contributed by atoms with Gasteiger partial charge in [-0.2, -0.15) is 5.10 Å². The number of ether oxygens (including phenoxy) is 1. The van der Waals surface area contributed by atoms with Crippen LogP contribution in [0.5, 0.6) is 5.75 Å². The van der Waals surface area contributed by atoms with Gasteiger partial charge in [0.2, 0.25) is 0 Å². The van der Waals surface area contributed by atoms with E-state index in [1.54, 1.807) is 18.2 Å². The summed E-state index contributed by atoms with van der Waals surface area (Å²) in [4.78, 5) is 25.9. The first-order chi connectivity index (χ1) is 17.0. The van der Waals surface area contributed by atoms with Gasteiger partial charge in [-0.25, -0.2) is 10.2 Å². The van der Waals surface area contributed by atoms with E-state index < -0.39 is 5.97 Å². The molecule has 0 spiro atoms. The molecule has 0 atom stereocenters. The molecule has 1 amide bonds. The number of halogens is 1. The fourth-order valence-electron chi connectivity index (χ4n) is 3.71. The van der Waals surface area contributed by atoms with E-state index in [1.807, 2.05) is 73.7 Å². The maximum absolute atomic E-state index is 13.1. The fourth-order valence-corrected chi connectivity index (χ4v) is 5.10. The van der Waals surface area contributed by atoms with Crippen molar-refractivity contribution in [3.63, 3.8) is 0 Å². The van der Waals surface area contributed by atoms with Crippen molar-refractivity contribution in [3.05, 3.63) is 112 Å². The smallest absolute Gasteiger partial charge is 0.355 e. The summed E-state index contributed by atoms with van der Waals surface area (Å²) < 4.78 is 6.69. The third-order valence-electron chi connectivity index (χ3n) is 5.53. The van der Waals surface area contributed by atoms with Crippen LogP contribution in [0.1, 0.15) is 31.2 Å². The molecule has 5 rings (SSSR count). The Morgan fingerprint density at radius 1 is 0.914 bits per heavy atom. The van der Waals surface area contributed by atoms with Crippen LogP contribution < -0.4 is 10.2 Å². The molecule has 172 valence electrons. The van der Waals surface area contributed by atoms with E-state index in [4.69, 9.17) is 16.3 Å². The van der Waals surface area contributed by atoms with Crippen molar-refractivity contribution >= 4 is 61.9 Å². The summed E-state index contributed by atoms with van der Waals surface area (Å²) in [7, 11) is 0. The van der Waals surface area contributed by atoms with Crippen LogP contribution in [0.4, 0.5) is 0 Å². The maximum Gasteiger partial charge on any atom is 0.355 e. The van der Waals surface area contributed by atoms with Crippen LogP contribution in [-0.4, -0.2) is 18.1 Å². The lowest BCUT2D eigenvalue weighted by molar-refractivity contribution is 0.0739. The molecule has 1 aromatic heterocycles. The zero-order chi connectivity index (χ0) is 24.4. The first-order valence-electron chi connectivity index (χ1n) is 10.8. The number of carbonyl (C=O) groups is 2. The first-order valence-corrected chi connectivity index (χ1v) is 12.0. The van der Waals surface area contributed by atoms with Crippen LogP contribution in [0.15, 0.2) is 90.0 Å². The van der Waals surface area contributed by atoms with Gasteiger partial charge in [0.1, 0.15) is 10.6 Å². The number of thiophene rings is 1. The van der Waals surface area contributed by atoms with Crippen molar-refractivity contribution < 1.29 is 14.3 Å². The molecule has 35 heavy (non-hydrogen) atoms. The van der Waals surface area contributed by atoms with E-state index in [0.29, 0.717) is 26.8 Å². The van der Waals surface area contributed by atoms with Crippen LogP contribution in [-0.2, 0) is 0 Å². The Labute approximate surface area is 210 Å². The van der Waals surface area contributed by atoms with Crippen molar-refractivity contribution in [2.75, 3.05) is 0 Å². The Morgan fingerprint density at radius 3 is 2.40 bits per heavy atom. The van der Waals surface area contributed by atoms with Crippen LogP contribution >= 0.6 is 22.9 Å². The lowest BCUT2D eigenvalue weighted by atomic mass is 10.0. The third-order valence-corrected chi connectivity index (χ3v) is 7.18. The molecule has 0 saturated carbocycles. The standard InChI is InChI=1S/C28H19ClN2O3S/c1-17-10-12-19(13-11-17)27(32)31-30-16-22-20-7-3-2-6-18(20)14-15-23(22)34-28(33)26-25(29)21-8-4-5-9-24(21)35-26/h2-16H,1H3,(H,31,32)/b30-16-.